The SMILES string of the molecule is COCCNCC(=O)OCc1ccc(Br)cc1. The maximum absolute atomic E-state index is 11.3. The van der Waals surface area contributed by atoms with E-state index < -0.39 is 0 Å². The standard InChI is InChI=1S/C12H16BrNO3/c1-16-7-6-14-8-12(15)17-9-10-2-4-11(13)5-3-10/h2-5,14H,6-9H2,1H3. The Morgan fingerprint density at radius 2 is 2.06 bits per heavy atom. The van der Waals surface area contributed by atoms with Gasteiger partial charge in [-0.15, -0.1) is 0 Å². The van der Waals surface area contributed by atoms with Gasteiger partial charge in [0.1, 0.15) is 6.61 Å². The van der Waals surface area contributed by atoms with Crippen LogP contribution in [0.5, 0.6) is 0 Å². The van der Waals surface area contributed by atoms with Crippen LogP contribution >= 0.6 is 15.9 Å². The number of hydrogen-bond donors (Lipinski definition) is 1. The molecule has 0 atom stereocenters. The van der Waals surface area contributed by atoms with Gasteiger partial charge in [-0.2, -0.15) is 0 Å². The number of halogens is 1. The van der Waals surface area contributed by atoms with Crippen LogP contribution in [0.1, 0.15) is 5.56 Å². The Morgan fingerprint density at radius 3 is 2.71 bits per heavy atom. The second-order valence-electron chi connectivity index (χ2n) is 3.46. The topological polar surface area (TPSA) is 47.6 Å². The molecular weight excluding hydrogens is 286 g/mol. The van der Waals surface area contributed by atoms with E-state index in [0.717, 1.165) is 10.0 Å². The van der Waals surface area contributed by atoms with Crippen LogP contribution < -0.4 is 5.32 Å². The molecule has 0 aliphatic carbocycles. The van der Waals surface area contributed by atoms with Crippen molar-refractivity contribution in [3.05, 3.63) is 34.3 Å². The Hall–Kier alpha value is -0.910. The Balaban J connectivity index is 2.17. The number of benzene rings is 1. The normalized spacial score (nSPS) is 10.2. The van der Waals surface area contributed by atoms with Gasteiger partial charge in [-0.25, -0.2) is 0 Å². The largest absolute Gasteiger partial charge is 0.460 e. The van der Waals surface area contributed by atoms with Gasteiger partial charge >= 0.3 is 5.97 Å². The Labute approximate surface area is 109 Å². The van der Waals surface area contributed by atoms with E-state index in [0.29, 0.717) is 19.8 Å². The summed E-state index contributed by atoms with van der Waals surface area (Å²) >= 11 is 3.34. The molecule has 0 amide bonds. The van der Waals surface area contributed by atoms with Gasteiger partial charge in [0.2, 0.25) is 0 Å². The molecule has 1 N–H and O–H groups in total. The highest BCUT2D eigenvalue weighted by molar-refractivity contribution is 9.10. The van der Waals surface area contributed by atoms with E-state index >= 15 is 0 Å². The Bertz CT molecular complexity index is 340. The monoisotopic (exact) mass is 301 g/mol. The Kier molecular flexibility index (Phi) is 6.84. The average molecular weight is 302 g/mol. The van der Waals surface area contributed by atoms with Crippen molar-refractivity contribution in [1.29, 1.82) is 0 Å². The molecule has 5 heteroatoms. The van der Waals surface area contributed by atoms with E-state index in [9.17, 15) is 4.79 Å². The molecule has 4 nitrogen and oxygen atoms in total. The van der Waals surface area contributed by atoms with Gasteiger partial charge in [0, 0.05) is 18.1 Å². The van der Waals surface area contributed by atoms with Crippen molar-refractivity contribution >= 4 is 21.9 Å². The van der Waals surface area contributed by atoms with Crippen molar-refractivity contribution < 1.29 is 14.3 Å². The van der Waals surface area contributed by atoms with Gasteiger partial charge in [0.05, 0.1) is 13.2 Å². The van der Waals surface area contributed by atoms with Crippen LogP contribution in [0.25, 0.3) is 0 Å². The van der Waals surface area contributed by atoms with Crippen molar-refractivity contribution in [3.8, 4) is 0 Å². The molecule has 1 aromatic rings. The quantitative estimate of drug-likeness (QED) is 0.615. The number of rotatable bonds is 7. The van der Waals surface area contributed by atoms with Crippen molar-refractivity contribution in [1.82, 2.24) is 5.32 Å². The summed E-state index contributed by atoms with van der Waals surface area (Å²) in [7, 11) is 1.62. The fourth-order valence-electron chi connectivity index (χ4n) is 1.16. The molecule has 0 aliphatic rings. The first kappa shape index (κ1) is 14.2. The number of carbonyl (C=O) groups excluding carboxylic acids is 1. The lowest BCUT2D eigenvalue weighted by Gasteiger charge is -2.06. The van der Waals surface area contributed by atoms with Gasteiger partial charge in [-0.05, 0) is 17.7 Å². The minimum absolute atomic E-state index is 0.208. The maximum Gasteiger partial charge on any atom is 0.320 e. The van der Waals surface area contributed by atoms with Crippen molar-refractivity contribution in [3.63, 3.8) is 0 Å². The highest BCUT2D eigenvalue weighted by Crippen LogP contribution is 2.11. The zero-order chi connectivity index (χ0) is 12.5. The minimum Gasteiger partial charge on any atom is -0.460 e. The molecule has 17 heavy (non-hydrogen) atoms. The molecule has 0 aliphatic heterocycles. The van der Waals surface area contributed by atoms with E-state index in [4.69, 9.17) is 9.47 Å². The third-order valence-corrected chi connectivity index (χ3v) is 2.59. The zero-order valence-electron chi connectivity index (χ0n) is 9.74. The van der Waals surface area contributed by atoms with Gasteiger partial charge < -0.3 is 14.8 Å². The summed E-state index contributed by atoms with van der Waals surface area (Å²) in [6.45, 7) is 1.74. The number of ether oxygens (including phenoxy) is 2. The fourth-order valence-corrected chi connectivity index (χ4v) is 1.42. The van der Waals surface area contributed by atoms with Crippen LogP contribution in [0.2, 0.25) is 0 Å². The van der Waals surface area contributed by atoms with Crippen LogP contribution in [0.3, 0.4) is 0 Å². The third kappa shape index (κ3) is 6.41. The molecule has 0 bridgehead atoms. The average Bonchev–Trinajstić information content (AvgIpc) is 2.34. The second-order valence-corrected chi connectivity index (χ2v) is 4.37. The molecule has 0 fully saturated rings. The number of hydrogen-bond acceptors (Lipinski definition) is 4. The highest BCUT2D eigenvalue weighted by Gasteiger charge is 2.02. The molecule has 0 saturated carbocycles. The summed E-state index contributed by atoms with van der Waals surface area (Å²) in [5.74, 6) is -0.260. The van der Waals surface area contributed by atoms with Gasteiger partial charge in [-0.1, -0.05) is 28.1 Å². The summed E-state index contributed by atoms with van der Waals surface area (Å²) < 4.78 is 10.9. The lowest BCUT2D eigenvalue weighted by atomic mass is 10.2. The second kappa shape index (κ2) is 8.22. The molecule has 0 unspecified atom stereocenters. The highest BCUT2D eigenvalue weighted by atomic mass is 79.9. The van der Waals surface area contributed by atoms with Gasteiger partial charge in [0.15, 0.2) is 0 Å². The summed E-state index contributed by atoms with van der Waals surface area (Å²) in [6.07, 6.45) is 0. The number of methoxy groups -OCH3 is 1. The van der Waals surface area contributed by atoms with Crippen LogP contribution in [0, 0.1) is 0 Å². The van der Waals surface area contributed by atoms with Crippen molar-refractivity contribution in [2.24, 2.45) is 0 Å². The molecule has 0 aromatic heterocycles. The van der Waals surface area contributed by atoms with Crippen LogP contribution in [-0.4, -0.2) is 32.8 Å². The predicted octanol–water partition coefficient (Wildman–Crippen LogP) is 1.73. The summed E-state index contributed by atoms with van der Waals surface area (Å²) in [4.78, 5) is 11.3. The minimum atomic E-state index is -0.260. The number of esters is 1. The fraction of sp³-hybridized carbons (Fsp3) is 0.417. The first-order valence-electron chi connectivity index (χ1n) is 5.32. The smallest absolute Gasteiger partial charge is 0.320 e. The lowest BCUT2D eigenvalue weighted by Crippen LogP contribution is -2.27. The molecular formula is C12H16BrNO3. The first-order chi connectivity index (χ1) is 8.22. The van der Waals surface area contributed by atoms with Crippen molar-refractivity contribution in [2.45, 2.75) is 6.61 Å². The van der Waals surface area contributed by atoms with Crippen LogP contribution in [0.4, 0.5) is 0 Å². The van der Waals surface area contributed by atoms with Gasteiger partial charge in [-0.3, -0.25) is 4.79 Å². The maximum atomic E-state index is 11.3. The lowest BCUT2D eigenvalue weighted by molar-refractivity contribution is -0.143. The van der Waals surface area contributed by atoms with Crippen LogP contribution in [-0.2, 0) is 20.9 Å². The summed E-state index contributed by atoms with van der Waals surface area (Å²) in [5.41, 5.74) is 0.971. The predicted molar refractivity (Wildman–Crippen MR) is 68.7 cm³/mol. The van der Waals surface area contributed by atoms with Crippen molar-refractivity contribution in [2.75, 3.05) is 26.8 Å². The molecule has 0 radical (unpaired) electrons. The number of nitrogens with one attached hydrogen (secondary N) is 1. The summed E-state index contributed by atoms with van der Waals surface area (Å²) in [5, 5.41) is 2.92. The van der Waals surface area contributed by atoms with E-state index in [2.05, 4.69) is 21.2 Å². The molecule has 1 rings (SSSR count). The molecule has 94 valence electrons. The summed E-state index contributed by atoms with van der Waals surface area (Å²) in [6, 6.07) is 7.66. The molecule has 0 saturated heterocycles. The molecule has 0 spiro atoms. The first-order valence-corrected chi connectivity index (χ1v) is 6.11. The van der Waals surface area contributed by atoms with E-state index in [1.54, 1.807) is 7.11 Å². The van der Waals surface area contributed by atoms with E-state index in [-0.39, 0.29) is 12.5 Å². The van der Waals surface area contributed by atoms with Gasteiger partial charge in [0.25, 0.3) is 0 Å². The molecule has 0 heterocycles. The molecule has 1 aromatic carbocycles. The number of carbonyl (C=O) groups is 1. The van der Waals surface area contributed by atoms with Crippen LogP contribution in [0.15, 0.2) is 28.7 Å². The van der Waals surface area contributed by atoms with E-state index in [1.807, 2.05) is 24.3 Å². The van der Waals surface area contributed by atoms with E-state index in [1.165, 1.54) is 0 Å². The third-order valence-electron chi connectivity index (χ3n) is 2.07. The zero-order valence-corrected chi connectivity index (χ0v) is 11.3. The Morgan fingerprint density at radius 1 is 1.35 bits per heavy atom.